The number of primary amides is 1. The van der Waals surface area contributed by atoms with Crippen molar-refractivity contribution in [3.63, 3.8) is 0 Å². The number of amides is 9. The van der Waals surface area contributed by atoms with Gasteiger partial charge in [0.05, 0.1) is 6.54 Å². The Morgan fingerprint density at radius 3 is 1.67 bits per heavy atom. The number of guanidine groups is 1. The van der Waals surface area contributed by atoms with E-state index in [0.717, 1.165) is 10.8 Å². The smallest absolute Gasteiger partial charge is 0.243 e. The van der Waals surface area contributed by atoms with E-state index in [4.69, 9.17) is 17.2 Å². The van der Waals surface area contributed by atoms with Gasteiger partial charge in [0.1, 0.15) is 48.0 Å². The lowest BCUT2D eigenvalue weighted by atomic mass is 10.00. The van der Waals surface area contributed by atoms with Crippen LogP contribution in [0.3, 0.4) is 0 Å². The monoisotopic (exact) mass is 1190 g/mol. The van der Waals surface area contributed by atoms with E-state index in [1.165, 1.54) is 12.1 Å². The molecule has 1 aliphatic rings. The number of rotatable bonds is 25. The maximum absolute atomic E-state index is 14.9. The molecular formula is C62H88N14O10. The van der Waals surface area contributed by atoms with Crippen LogP contribution >= 0.6 is 0 Å². The minimum Gasteiger partial charge on any atom is -0.508 e. The lowest BCUT2D eigenvalue weighted by Gasteiger charge is -2.27. The highest BCUT2D eigenvalue weighted by Gasteiger charge is 2.34. The van der Waals surface area contributed by atoms with Crippen LogP contribution < -0.4 is 70.4 Å². The summed E-state index contributed by atoms with van der Waals surface area (Å²) in [5.74, 6) is -7.48. The number of phenolic OH excluding ortho intramolecular Hbond substituents is 1. The van der Waals surface area contributed by atoms with Crippen molar-refractivity contribution in [1.29, 1.82) is 0 Å². The summed E-state index contributed by atoms with van der Waals surface area (Å²) in [6.07, 6.45) is 1.41. The summed E-state index contributed by atoms with van der Waals surface area (Å²) in [5.41, 5.74) is 18.8. The van der Waals surface area contributed by atoms with Crippen LogP contribution in [-0.2, 0) is 62.4 Å². The number of carbonyl (C=O) groups is 9. The van der Waals surface area contributed by atoms with Crippen molar-refractivity contribution in [2.45, 2.75) is 166 Å². The van der Waals surface area contributed by atoms with Crippen LogP contribution in [0.5, 0.6) is 5.75 Å². The van der Waals surface area contributed by atoms with Crippen LogP contribution in [0.15, 0.2) is 102 Å². The first kappa shape index (κ1) is 68.1. The number of nitrogens with one attached hydrogen (secondary N) is 10. The van der Waals surface area contributed by atoms with Crippen LogP contribution in [0.25, 0.3) is 10.8 Å². The Labute approximate surface area is 502 Å². The van der Waals surface area contributed by atoms with Crippen molar-refractivity contribution in [3.05, 3.63) is 114 Å². The molecule has 17 N–H and O–H groups in total. The average molecular weight is 1190 g/mol. The van der Waals surface area contributed by atoms with Crippen molar-refractivity contribution >= 4 is 69.9 Å². The van der Waals surface area contributed by atoms with Gasteiger partial charge >= 0.3 is 0 Å². The Hall–Kier alpha value is -8.64. The number of phenols is 1. The SMILES string of the molecule is CC(C)NCCCCC1NC(=O)[C@@H](Cc2ccc(O)cc2)NC(=O)C(Cc2ccccc2)NC(=O)CC[C@H](C(=O)N[C@@H](CCCCNC(C)C)C(N)=O)NC(=O)CNC(=O)C(Cc2ccc3ccccc3c2)NC(=O)[C@@H](CCCN=C(N)N)NC1=O. The molecule has 4 aromatic carbocycles. The zero-order chi connectivity index (χ0) is 62.5. The molecule has 3 unspecified atom stereocenters. The number of aromatic hydroxyl groups is 1. The number of hydrogen-bond acceptors (Lipinski definition) is 13. The Balaban J connectivity index is 1.58. The summed E-state index contributed by atoms with van der Waals surface area (Å²) < 4.78 is 0. The van der Waals surface area contributed by atoms with E-state index in [1.807, 2.05) is 64.1 Å². The van der Waals surface area contributed by atoms with Crippen LogP contribution in [-0.4, -0.2) is 145 Å². The van der Waals surface area contributed by atoms with Gasteiger partial charge in [-0.25, -0.2) is 0 Å². The van der Waals surface area contributed by atoms with Gasteiger partial charge in [-0.1, -0.05) is 113 Å². The fourth-order valence-electron chi connectivity index (χ4n) is 9.71. The van der Waals surface area contributed by atoms with Crippen molar-refractivity contribution in [3.8, 4) is 5.75 Å². The number of nitrogens with two attached hydrogens (primary N) is 3. The molecule has 86 heavy (non-hydrogen) atoms. The van der Waals surface area contributed by atoms with Gasteiger partial charge in [-0.15, -0.1) is 0 Å². The van der Waals surface area contributed by atoms with E-state index in [1.54, 1.807) is 48.5 Å². The molecule has 9 amide bonds. The third kappa shape index (κ3) is 24.5. The number of carbonyl (C=O) groups excluding carboxylic acids is 9. The fraction of sp³-hybridized carbons (Fsp3) is 0.484. The predicted molar refractivity (Wildman–Crippen MR) is 328 cm³/mol. The number of fused-ring (bicyclic) bond motifs is 1. The molecule has 1 saturated heterocycles. The summed E-state index contributed by atoms with van der Waals surface area (Å²) in [4.78, 5) is 133. The van der Waals surface area contributed by atoms with E-state index in [0.29, 0.717) is 55.5 Å². The van der Waals surface area contributed by atoms with Crippen molar-refractivity contribution in [2.24, 2.45) is 22.2 Å². The molecule has 1 aliphatic heterocycles. The first-order chi connectivity index (χ1) is 41.1. The lowest BCUT2D eigenvalue weighted by Crippen LogP contribution is -2.60. The van der Waals surface area contributed by atoms with Crippen LogP contribution in [0, 0.1) is 0 Å². The largest absolute Gasteiger partial charge is 0.508 e. The molecular weight excluding hydrogens is 1100 g/mol. The Morgan fingerprint density at radius 1 is 0.558 bits per heavy atom. The molecule has 466 valence electrons. The predicted octanol–water partition coefficient (Wildman–Crippen LogP) is 0.752. The third-order valence-electron chi connectivity index (χ3n) is 14.4. The molecule has 5 rings (SSSR count). The zero-order valence-electron chi connectivity index (χ0n) is 49.8. The first-order valence-electron chi connectivity index (χ1n) is 29.6. The summed E-state index contributed by atoms with van der Waals surface area (Å²) >= 11 is 0. The average Bonchev–Trinajstić information content (AvgIpc) is 3.47. The standard InChI is InChI=1S/C62H88N14O10/c1-38(2)66-30-12-10-19-46(55(63)80)72-59(84)49-28-29-53(78)71-51(34-40-15-6-5-7-16-40)60(85)76-52(35-41-23-26-45(77)27-24-41)61(86)74-47(20-11-13-31-67-39(3)4)57(82)73-48(21-14-32-68-62(64)65)58(83)75-50(56(81)69-37-54(79)70-49)36-42-22-25-43-17-8-9-18-44(43)33-42/h5-9,15-18,22-27,33,38-39,46-52,66-67,77H,10-14,19-21,28-32,34-37H2,1-4H3,(H2,63,80)(H,69,81)(H,70,79)(H,71,78)(H,72,84)(H,73,82)(H,74,86)(H,75,83)(H,76,85)(H4,64,65,68)/t46-,47?,48+,49+,50?,51?,52+/m0/s1. The fourth-order valence-corrected chi connectivity index (χ4v) is 9.71. The second-order valence-electron chi connectivity index (χ2n) is 22.3. The van der Waals surface area contributed by atoms with E-state index < -0.39 is 108 Å². The molecule has 1 heterocycles. The molecule has 0 aliphatic carbocycles. The molecule has 0 bridgehead atoms. The molecule has 0 saturated carbocycles. The Kier molecular flexibility index (Phi) is 28.2. The van der Waals surface area contributed by atoms with E-state index >= 15 is 0 Å². The minimum atomic E-state index is -1.49. The number of unbranched alkanes of at least 4 members (excludes halogenated alkanes) is 2. The molecule has 0 aromatic heterocycles. The quantitative estimate of drug-likeness (QED) is 0.0248. The van der Waals surface area contributed by atoms with E-state index in [9.17, 15) is 48.3 Å². The topological polar surface area (TPSA) is 385 Å². The number of benzene rings is 4. The Morgan fingerprint density at radius 2 is 1.07 bits per heavy atom. The summed E-state index contributed by atoms with van der Waals surface area (Å²) in [5, 5.41) is 40.4. The highest BCUT2D eigenvalue weighted by Crippen LogP contribution is 2.18. The number of hydrogen-bond donors (Lipinski definition) is 14. The van der Waals surface area contributed by atoms with Crippen LogP contribution in [0.4, 0.5) is 0 Å². The van der Waals surface area contributed by atoms with Crippen molar-refractivity contribution in [1.82, 2.24) is 53.2 Å². The maximum atomic E-state index is 14.9. The van der Waals surface area contributed by atoms with Gasteiger partial charge in [0.25, 0.3) is 0 Å². The zero-order valence-corrected chi connectivity index (χ0v) is 49.8. The molecule has 7 atom stereocenters. The molecule has 24 heteroatoms. The van der Waals surface area contributed by atoms with Crippen molar-refractivity contribution in [2.75, 3.05) is 26.2 Å². The van der Waals surface area contributed by atoms with Gasteiger partial charge in [0, 0.05) is 44.3 Å². The van der Waals surface area contributed by atoms with Gasteiger partial charge in [0.2, 0.25) is 53.2 Å². The van der Waals surface area contributed by atoms with Gasteiger partial charge in [0.15, 0.2) is 5.96 Å². The maximum Gasteiger partial charge on any atom is 0.243 e. The summed E-state index contributed by atoms with van der Waals surface area (Å²) in [6.45, 7) is 8.55. The molecule has 0 spiro atoms. The van der Waals surface area contributed by atoms with E-state index in [-0.39, 0.29) is 81.7 Å². The van der Waals surface area contributed by atoms with Gasteiger partial charge < -0.3 is 75.5 Å². The minimum absolute atomic E-state index is 0.0514. The Bertz CT molecular complexity index is 2920. The van der Waals surface area contributed by atoms with E-state index in [2.05, 4.69) is 58.2 Å². The van der Waals surface area contributed by atoms with Gasteiger partial charge in [-0.2, -0.15) is 0 Å². The summed E-state index contributed by atoms with van der Waals surface area (Å²) in [7, 11) is 0. The summed E-state index contributed by atoms with van der Waals surface area (Å²) in [6, 6.07) is 18.8. The number of nitrogens with zero attached hydrogens (tertiary/aromatic N) is 1. The highest BCUT2D eigenvalue weighted by atomic mass is 16.3. The van der Waals surface area contributed by atoms with Gasteiger partial charge in [-0.05, 0) is 110 Å². The normalized spacial score (nSPS) is 20.1. The van der Waals surface area contributed by atoms with Crippen molar-refractivity contribution < 1.29 is 48.3 Å². The second kappa shape index (κ2) is 35.6. The van der Waals surface area contributed by atoms with Crippen LogP contribution in [0.1, 0.15) is 109 Å². The molecule has 0 radical (unpaired) electrons. The molecule has 4 aromatic rings. The van der Waals surface area contributed by atoms with Gasteiger partial charge in [-0.3, -0.25) is 48.1 Å². The third-order valence-corrected chi connectivity index (χ3v) is 14.4. The lowest BCUT2D eigenvalue weighted by molar-refractivity contribution is -0.135. The molecule has 24 nitrogen and oxygen atoms in total. The second-order valence-corrected chi connectivity index (χ2v) is 22.3. The first-order valence-corrected chi connectivity index (χ1v) is 29.6. The number of aliphatic imine (C=N–C) groups is 1. The molecule has 1 fully saturated rings. The van der Waals surface area contributed by atoms with Crippen LogP contribution in [0.2, 0.25) is 0 Å². The highest BCUT2D eigenvalue weighted by molar-refractivity contribution is 5.98.